The number of halogens is 3. The average Bonchev–Trinajstić information content (AvgIpc) is 3.49. The summed E-state index contributed by atoms with van der Waals surface area (Å²) in [6.07, 6.45) is -1.45. The molecule has 0 unspecified atom stereocenters. The minimum absolute atomic E-state index is 0.0508. The first-order valence-corrected chi connectivity index (χ1v) is 10.0. The second-order valence-electron chi connectivity index (χ2n) is 7.85. The van der Waals surface area contributed by atoms with Crippen LogP contribution < -0.4 is 10.1 Å². The highest BCUT2D eigenvalue weighted by atomic mass is 19.4. The van der Waals surface area contributed by atoms with Crippen LogP contribution in [0, 0.1) is 19.8 Å². The summed E-state index contributed by atoms with van der Waals surface area (Å²) in [6.45, 7) is 3.82. The summed E-state index contributed by atoms with van der Waals surface area (Å²) in [5, 5.41) is 2.60. The molecule has 1 saturated carbocycles. The Hall–Kier alpha value is -3.49. The highest BCUT2D eigenvalue weighted by Crippen LogP contribution is 2.55. The third-order valence-corrected chi connectivity index (χ3v) is 5.60. The molecular weight excluding hydrogens is 421 g/mol. The molecule has 2 aromatic heterocycles. The summed E-state index contributed by atoms with van der Waals surface area (Å²) >= 11 is 0. The Morgan fingerprint density at radius 3 is 2.62 bits per heavy atom. The molecule has 1 fully saturated rings. The van der Waals surface area contributed by atoms with Crippen LogP contribution in [0.4, 0.5) is 18.9 Å². The number of ether oxygens (including phenoxy) is 1. The van der Waals surface area contributed by atoms with E-state index in [1.807, 2.05) is 37.3 Å². The number of aryl methyl sites for hydroxylation is 2. The molecule has 6 nitrogen and oxygen atoms in total. The van der Waals surface area contributed by atoms with Gasteiger partial charge in [0.2, 0.25) is 5.91 Å². The van der Waals surface area contributed by atoms with Gasteiger partial charge in [-0.1, -0.05) is 30.3 Å². The van der Waals surface area contributed by atoms with Crippen molar-refractivity contribution >= 4 is 11.6 Å². The van der Waals surface area contributed by atoms with Crippen molar-refractivity contribution < 1.29 is 22.7 Å². The molecule has 0 saturated heterocycles. The van der Waals surface area contributed by atoms with Gasteiger partial charge in [-0.3, -0.25) is 9.78 Å². The van der Waals surface area contributed by atoms with Crippen LogP contribution in [0.2, 0.25) is 0 Å². The number of hydrogen-bond donors (Lipinski definition) is 1. The van der Waals surface area contributed by atoms with Crippen LogP contribution in [-0.4, -0.2) is 27.5 Å². The second-order valence-corrected chi connectivity index (χ2v) is 7.85. The van der Waals surface area contributed by atoms with Gasteiger partial charge in [0.25, 0.3) is 0 Å². The number of nitrogens with zero attached hydrogens (tertiary/aromatic N) is 3. The van der Waals surface area contributed by atoms with E-state index in [9.17, 15) is 18.0 Å². The first-order chi connectivity index (χ1) is 15.2. The first-order valence-electron chi connectivity index (χ1n) is 10.0. The summed E-state index contributed by atoms with van der Waals surface area (Å²) < 4.78 is 44.8. The third-order valence-electron chi connectivity index (χ3n) is 5.60. The van der Waals surface area contributed by atoms with Gasteiger partial charge in [-0.15, -0.1) is 0 Å². The molecule has 0 radical (unpaired) electrons. The Labute approximate surface area is 182 Å². The predicted molar refractivity (Wildman–Crippen MR) is 111 cm³/mol. The van der Waals surface area contributed by atoms with E-state index in [1.54, 1.807) is 13.1 Å². The van der Waals surface area contributed by atoms with Gasteiger partial charge in [-0.2, -0.15) is 13.2 Å². The van der Waals surface area contributed by atoms with Gasteiger partial charge in [0.15, 0.2) is 5.75 Å². The van der Waals surface area contributed by atoms with Gasteiger partial charge in [0.05, 0.1) is 24.4 Å². The van der Waals surface area contributed by atoms with Crippen molar-refractivity contribution in [2.24, 2.45) is 5.92 Å². The number of nitrogens with one attached hydrogen (secondary N) is 1. The van der Waals surface area contributed by atoms with Crippen LogP contribution in [0.15, 0.2) is 54.9 Å². The van der Waals surface area contributed by atoms with E-state index in [4.69, 9.17) is 4.74 Å². The lowest BCUT2D eigenvalue weighted by Crippen LogP contribution is -2.27. The summed E-state index contributed by atoms with van der Waals surface area (Å²) in [4.78, 5) is 24.7. The van der Waals surface area contributed by atoms with Crippen LogP contribution >= 0.6 is 0 Å². The predicted octanol–water partition coefficient (Wildman–Crippen LogP) is 4.48. The molecule has 1 aromatic carbocycles. The molecule has 1 aliphatic carbocycles. The van der Waals surface area contributed by atoms with Gasteiger partial charge in [0, 0.05) is 17.3 Å². The topological polar surface area (TPSA) is 77.0 Å². The number of alkyl halides is 3. The van der Waals surface area contributed by atoms with E-state index in [-0.39, 0.29) is 18.2 Å². The highest BCUT2D eigenvalue weighted by molar-refractivity contribution is 5.96. The lowest BCUT2D eigenvalue weighted by Gasteiger charge is -2.19. The van der Waals surface area contributed by atoms with Crippen LogP contribution in [-0.2, 0) is 16.4 Å². The summed E-state index contributed by atoms with van der Waals surface area (Å²) in [5.74, 6) is 0.334. The molecular formula is C23H21F3N4O2. The molecule has 2 heterocycles. The van der Waals surface area contributed by atoms with E-state index in [0.717, 1.165) is 17.8 Å². The molecule has 0 aliphatic heterocycles. The molecule has 0 spiro atoms. The normalized spacial score (nSPS) is 20.0. The molecule has 2 atom stereocenters. The standard InChI is InChI=1S/C23H21F3N4O2/c1-14-19(12-28-15(2)29-14)32-13-22(16-6-4-3-5-7-16)11-18(22)21(31)30-17-8-9-27-20(10-17)23(24,25)26/h3-10,12,18H,11,13H2,1-2H3,(H,27,30,31)/t18-,22+/m0/s1. The van der Waals surface area contributed by atoms with E-state index in [1.165, 1.54) is 6.07 Å². The number of anilines is 1. The lowest BCUT2D eigenvalue weighted by molar-refractivity contribution is -0.141. The van der Waals surface area contributed by atoms with E-state index in [2.05, 4.69) is 20.3 Å². The number of benzene rings is 1. The highest BCUT2D eigenvalue weighted by Gasteiger charge is 2.60. The Balaban J connectivity index is 1.54. The number of pyridine rings is 1. The van der Waals surface area contributed by atoms with Gasteiger partial charge in [0.1, 0.15) is 11.5 Å². The molecule has 166 valence electrons. The van der Waals surface area contributed by atoms with Crippen molar-refractivity contribution in [1.82, 2.24) is 15.0 Å². The smallest absolute Gasteiger partial charge is 0.433 e. The minimum atomic E-state index is -4.59. The molecule has 1 amide bonds. The Morgan fingerprint density at radius 2 is 1.94 bits per heavy atom. The molecule has 0 bridgehead atoms. The van der Waals surface area contributed by atoms with Crippen LogP contribution in [0.3, 0.4) is 0 Å². The summed E-state index contributed by atoms with van der Waals surface area (Å²) in [6, 6.07) is 11.6. The van der Waals surface area contributed by atoms with E-state index >= 15 is 0 Å². The second kappa shape index (κ2) is 8.22. The quantitative estimate of drug-likeness (QED) is 0.609. The summed E-state index contributed by atoms with van der Waals surface area (Å²) in [7, 11) is 0. The number of hydrogen-bond acceptors (Lipinski definition) is 5. The SMILES string of the molecule is Cc1ncc(OC[C@@]2(c3ccccc3)C[C@H]2C(=O)Nc2ccnc(C(F)(F)F)c2)c(C)n1. The zero-order valence-electron chi connectivity index (χ0n) is 17.5. The fourth-order valence-electron chi connectivity index (χ4n) is 3.79. The van der Waals surface area contributed by atoms with E-state index < -0.39 is 23.2 Å². The van der Waals surface area contributed by atoms with E-state index in [0.29, 0.717) is 23.7 Å². The summed E-state index contributed by atoms with van der Waals surface area (Å²) in [5.41, 5.74) is 0.0200. The zero-order valence-corrected chi connectivity index (χ0v) is 17.5. The molecule has 9 heteroatoms. The largest absolute Gasteiger partial charge is 0.489 e. The van der Waals surface area contributed by atoms with Crippen LogP contribution in [0.5, 0.6) is 5.75 Å². The average molecular weight is 442 g/mol. The van der Waals surface area contributed by atoms with Gasteiger partial charge >= 0.3 is 6.18 Å². The van der Waals surface area contributed by atoms with Crippen molar-refractivity contribution in [2.75, 3.05) is 11.9 Å². The molecule has 32 heavy (non-hydrogen) atoms. The fraction of sp³-hybridized carbons (Fsp3) is 0.304. The van der Waals surface area contributed by atoms with Crippen molar-refractivity contribution in [3.8, 4) is 5.75 Å². The van der Waals surface area contributed by atoms with Crippen LogP contribution in [0.1, 0.15) is 29.2 Å². The number of aromatic nitrogens is 3. The Bertz CT molecular complexity index is 1140. The number of amides is 1. The maximum atomic E-state index is 13.0. The molecule has 1 aliphatic rings. The van der Waals surface area contributed by atoms with Gasteiger partial charge < -0.3 is 10.1 Å². The third kappa shape index (κ3) is 4.42. The maximum Gasteiger partial charge on any atom is 0.433 e. The Morgan fingerprint density at radius 1 is 1.19 bits per heavy atom. The molecule has 3 aromatic rings. The number of carbonyl (C=O) groups is 1. The number of rotatable bonds is 6. The lowest BCUT2D eigenvalue weighted by atomic mass is 9.93. The number of carbonyl (C=O) groups excluding carboxylic acids is 1. The monoisotopic (exact) mass is 442 g/mol. The fourth-order valence-corrected chi connectivity index (χ4v) is 3.79. The van der Waals surface area contributed by atoms with Crippen molar-refractivity contribution in [1.29, 1.82) is 0 Å². The molecule has 4 rings (SSSR count). The molecule has 1 N–H and O–H groups in total. The van der Waals surface area contributed by atoms with Gasteiger partial charge in [-0.05, 0) is 38.0 Å². The van der Waals surface area contributed by atoms with Crippen molar-refractivity contribution in [3.05, 3.63) is 77.6 Å². The minimum Gasteiger partial charge on any atom is -0.489 e. The maximum absolute atomic E-state index is 13.0. The van der Waals surface area contributed by atoms with Gasteiger partial charge in [-0.25, -0.2) is 9.97 Å². The first kappa shape index (κ1) is 21.7. The van der Waals surface area contributed by atoms with Crippen molar-refractivity contribution in [3.63, 3.8) is 0 Å². The van der Waals surface area contributed by atoms with Crippen molar-refractivity contribution in [2.45, 2.75) is 31.9 Å². The van der Waals surface area contributed by atoms with Crippen LogP contribution in [0.25, 0.3) is 0 Å². The Kier molecular flexibility index (Phi) is 5.58. The zero-order chi connectivity index (χ0) is 22.9.